The van der Waals surface area contributed by atoms with Gasteiger partial charge in [0.1, 0.15) is 0 Å². The molecule has 0 bridgehead atoms. The third kappa shape index (κ3) is 3.67. The second-order valence-corrected chi connectivity index (χ2v) is 5.83. The molecule has 1 saturated carbocycles. The maximum atomic E-state index is 9.53. The Kier molecular flexibility index (Phi) is 5.90. The van der Waals surface area contributed by atoms with Crippen molar-refractivity contribution in [2.24, 2.45) is 10.8 Å². The number of rotatable bonds is 8. The molecule has 1 aliphatic carbocycles. The maximum Gasteiger partial charge on any atom is 0.0499 e. The van der Waals surface area contributed by atoms with E-state index in [-0.39, 0.29) is 17.4 Å². The lowest BCUT2D eigenvalue weighted by molar-refractivity contribution is 0.0939. The molecule has 102 valence electrons. The molecule has 3 nitrogen and oxygen atoms in total. The average Bonchev–Trinajstić information content (AvgIpc) is 2.85. The van der Waals surface area contributed by atoms with Crippen LogP contribution in [0.25, 0.3) is 0 Å². The van der Waals surface area contributed by atoms with Crippen LogP contribution in [0.2, 0.25) is 0 Å². The second kappa shape index (κ2) is 6.72. The van der Waals surface area contributed by atoms with Crippen LogP contribution in [0.5, 0.6) is 0 Å². The minimum Gasteiger partial charge on any atom is -0.396 e. The van der Waals surface area contributed by atoms with Crippen molar-refractivity contribution in [1.82, 2.24) is 5.32 Å². The van der Waals surface area contributed by atoms with E-state index in [4.69, 9.17) is 0 Å². The van der Waals surface area contributed by atoms with E-state index < -0.39 is 0 Å². The molecule has 1 rings (SSSR count). The van der Waals surface area contributed by atoms with Crippen LogP contribution in [-0.4, -0.2) is 36.5 Å². The molecule has 0 aromatic carbocycles. The fraction of sp³-hybridized carbons (Fsp3) is 1.00. The molecular formula is C14H29NO2. The molecule has 0 atom stereocenters. The topological polar surface area (TPSA) is 52.5 Å². The summed E-state index contributed by atoms with van der Waals surface area (Å²) >= 11 is 0. The van der Waals surface area contributed by atoms with Gasteiger partial charge in [-0.05, 0) is 25.7 Å². The van der Waals surface area contributed by atoms with E-state index in [9.17, 15) is 10.2 Å². The summed E-state index contributed by atoms with van der Waals surface area (Å²) in [6.45, 7) is 6.57. The van der Waals surface area contributed by atoms with Crippen molar-refractivity contribution >= 4 is 0 Å². The Morgan fingerprint density at radius 1 is 1.12 bits per heavy atom. The van der Waals surface area contributed by atoms with E-state index >= 15 is 0 Å². The molecule has 0 saturated heterocycles. The zero-order valence-corrected chi connectivity index (χ0v) is 11.5. The Bertz CT molecular complexity index is 192. The second-order valence-electron chi connectivity index (χ2n) is 5.83. The van der Waals surface area contributed by atoms with Gasteiger partial charge in [0.2, 0.25) is 0 Å². The molecule has 0 heterocycles. The van der Waals surface area contributed by atoms with Gasteiger partial charge in [0.05, 0.1) is 0 Å². The van der Waals surface area contributed by atoms with Crippen LogP contribution in [0.15, 0.2) is 0 Å². The first kappa shape index (κ1) is 14.9. The first-order valence-corrected chi connectivity index (χ1v) is 7.08. The van der Waals surface area contributed by atoms with E-state index in [1.807, 2.05) is 0 Å². The van der Waals surface area contributed by atoms with Gasteiger partial charge >= 0.3 is 0 Å². The van der Waals surface area contributed by atoms with Crippen LogP contribution >= 0.6 is 0 Å². The number of nitrogens with one attached hydrogen (secondary N) is 1. The van der Waals surface area contributed by atoms with Gasteiger partial charge < -0.3 is 15.5 Å². The van der Waals surface area contributed by atoms with Gasteiger partial charge in [0.15, 0.2) is 0 Å². The number of hydrogen-bond acceptors (Lipinski definition) is 3. The van der Waals surface area contributed by atoms with E-state index in [1.165, 1.54) is 12.8 Å². The lowest BCUT2D eigenvalue weighted by Crippen LogP contribution is -2.42. The molecule has 0 aliphatic heterocycles. The van der Waals surface area contributed by atoms with Gasteiger partial charge in [-0.3, -0.25) is 0 Å². The Hall–Kier alpha value is -0.120. The standard InChI is InChI=1S/C14H29NO2/c1-3-13(4-2,11-16)9-15-10-14(12-17)7-5-6-8-14/h15-17H,3-12H2,1-2H3. The van der Waals surface area contributed by atoms with Crippen molar-refractivity contribution in [2.75, 3.05) is 26.3 Å². The van der Waals surface area contributed by atoms with Gasteiger partial charge in [0, 0.05) is 37.1 Å². The summed E-state index contributed by atoms with van der Waals surface area (Å²) in [7, 11) is 0. The highest BCUT2D eigenvalue weighted by molar-refractivity contribution is 4.87. The number of aliphatic hydroxyl groups is 2. The predicted octanol–water partition coefficient (Wildman–Crippen LogP) is 1.93. The van der Waals surface area contributed by atoms with Crippen LogP contribution in [0.4, 0.5) is 0 Å². The van der Waals surface area contributed by atoms with Gasteiger partial charge in [-0.1, -0.05) is 26.7 Å². The fourth-order valence-electron chi connectivity index (χ4n) is 2.89. The molecule has 0 spiro atoms. The van der Waals surface area contributed by atoms with E-state index in [0.717, 1.165) is 38.8 Å². The summed E-state index contributed by atoms with van der Waals surface area (Å²) in [6, 6.07) is 0. The van der Waals surface area contributed by atoms with Crippen LogP contribution in [0, 0.1) is 10.8 Å². The molecule has 3 N–H and O–H groups in total. The molecule has 0 amide bonds. The largest absolute Gasteiger partial charge is 0.396 e. The molecule has 1 aliphatic rings. The highest BCUT2D eigenvalue weighted by Crippen LogP contribution is 2.37. The molecule has 17 heavy (non-hydrogen) atoms. The first-order chi connectivity index (χ1) is 8.16. The minimum atomic E-state index is 0.0231. The van der Waals surface area contributed by atoms with Crippen molar-refractivity contribution in [1.29, 1.82) is 0 Å². The van der Waals surface area contributed by atoms with Gasteiger partial charge in [-0.25, -0.2) is 0 Å². The zero-order valence-electron chi connectivity index (χ0n) is 11.5. The summed E-state index contributed by atoms with van der Waals surface area (Å²) < 4.78 is 0. The number of aliphatic hydroxyl groups excluding tert-OH is 2. The SMILES string of the molecule is CCC(CC)(CO)CNCC1(CO)CCCC1. The van der Waals surface area contributed by atoms with E-state index in [2.05, 4.69) is 19.2 Å². The monoisotopic (exact) mass is 243 g/mol. The highest BCUT2D eigenvalue weighted by atomic mass is 16.3. The average molecular weight is 243 g/mol. The summed E-state index contributed by atoms with van der Waals surface area (Å²) in [5.74, 6) is 0. The smallest absolute Gasteiger partial charge is 0.0499 e. The Morgan fingerprint density at radius 2 is 1.71 bits per heavy atom. The van der Waals surface area contributed by atoms with Crippen molar-refractivity contribution in [3.63, 3.8) is 0 Å². The van der Waals surface area contributed by atoms with Gasteiger partial charge in [-0.15, -0.1) is 0 Å². The maximum absolute atomic E-state index is 9.53. The third-order valence-electron chi connectivity index (χ3n) is 4.84. The van der Waals surface area contributed by atoms with Crippen molar-refractivity contribution < 1.29 is 10.2 Å². The Morgan fingerprint density at radius 3 is 2.12 bits per heavy atom. The first-order valence-electron chi connectivity index (χ1n) is 7.08. The normalized spacial score (nSPS) is 19.8. The number of hydrogen-bond donors (Lipinski definition) is 3. The quantitative estimate of drug-likeness (QED) is 0.610. The van der Waals surface area contributed by atoms with Gasteiger partial charge in [0.25, 0.3) is 0 Å². The summed E-state index contributed by atoms with van der Waals surface area (Å²) in [6.07, 6.45) is 6.77. The van der Waals surface area contributed by atoms with Crippen molar-refractivity contribution in [3.05, 3.63) is 0 Å². The zero-order chi connectivity index (χ0) is 12.8. The van der Waals surface area contributed by atoms with Crippen LogP contribution in [0.3, 0.4) is 0 Å². The predicted molar refractivity (Wildman–Crippen MR) is 71.0 cm³/mol. The summed E-state index contributed by atoms with van der Waals surface area (Å²) in [5.41, 5.74) is 0.137. The van der Waals surface area contributed by atoms with Crippen molar-refractivity contribution in [2.45, 2.75) is 52.4 Å². The molecule has 0 radical (unpaired) electrons. The molecule has 3 heteroatoms. The molecule has 0 aromatic heterocycles. The highest BCUT2D eigenvalue weighted by Gasteiger charge is 2.34. The van der Waals surface area contributed by atoms with E-state index in [1.54, 1.807) is 0 Å². The molecule has 0 unspecified atom stereocenters. The Labute approximate surface area is 106 Å². The molecule has 1 fully saturated rings. The Balaban J connectivity index is 2.39. The van der Waals surface area contributed by atoms with Gasteiger partial charge in [-0.2, -0.15) is 0 Å². The lowest BCUT2D eigenvalue weighted by Gasteiger charge is -2.33. The lowest BCUT2D eigenvalue weighted by atomic mass is 9.82. The molecular weight excluding hydrogens is 214 g/mol. The summed E-state index contributed by atoms with van der Waals surface area (Å²) in [4.78, 5) is 0. The summed E-state index contributed by atoms with van der Waals surface area (Å²) in [5, 5.41) is 22.5. The minimum absolute atomic E-state index is 0.0231. The van der Waals surface area contributed by atoms with Crippen LogP contribution in [-0.2, 0) is 0 Å². The van der Waals surface area contributed by atoms with Crippen LogP contribution in [0.1, 0.15) is 52.4 Å². The van der Waals surface area contributed by atoms with E-state index in [0.29, 0.717) is 6.61 Å². The molecule has 0 aromatic rings. The van der Waals surface area contributed by atoms with Crippen LogP contribution < -0.4 is 5.32 Å². The fourth-order valence-corrected chi connectivity index (χ4v) is 2.89. The van der Waals surface area contributed by atoms with Crippen molar-refractivity contribution in [3.8, 4) is 0 Å². The third-order valence-corrected chi connectivity index (χ3v) is 4.84.